The highest BCUT2D eigenvalue weighted by molar-refractivity contribution is 7.88. The predicted molar refractivity (Wildman–Crippen MR) is 68.6 cm³/mol. The van der Waals surface area contributed by atoms with Crippen LogP contribution in [0.25, 0.3) is 0 Å². The number of hydrogen-bond acceptors (Lipinski definition) is 5. The van der Waals surface area contributed by atoms with Gasteiger partial charge in [-0.3, -0.25) is 4.79 Å². The molecule has 0 bridgehead atoms. The number of hydrogen-bond donors (Lipinski definition) is 1. The monoisotopic (exact) mass is 314 g/mol. The van der Waals surface area contributed by atoms with Crippen molar-refractivity contribution in [1.82, 2.24) is 8.61 Å². The fourth-order valence-corrected chi connectivity index (χ4v) is 4.55. The van der Waals surface area contributed by atoms with Crippen LogP contribution >= 0.6 is 0 Å². The average Bonchev–Trinajstić information content (AvgIpc) is 2.16. The Hall–Kier alpha value is -0.710. The molecule has 2 atom stereocenters. The van der Waals surface area contributed by atoms with E-state index in [2.05, 4.69) is 0 Å². The molecule has 1 heterocycles. The van der Waals surface area contributed by atoms with Crippen molar-refractivity contribution in [2.45, 2.75) is 25.4 Å². The van der Waals surface area contributed by atoms with Crippen molar-refractivity contribution in [3.63, 3.8) is 0 Å². The van der Waals surface area contributed by atoms with Crippen LogP contribution in [0.5, 0.6) is 0 Å². The summed E-state index contributed by atoms with van der Waals surface area (Å²) in [6, 6.07) is -1.40. The lowest BCUT2D eigenvalue weighted by Gasteiger charge is -2.42. The van der Waals surface area contributed by atoms with Crippen molar-refractivity contribution in [3.05, 3.63) is 0 Å². The number of aliphatic carboxylic acids is 1. The first kappa shape index (κ1) is 16.3. The molecule has 19 heavy (non-hydrogen) atoms. The van der Waals surface area contributed by atoms with Gasteiger partial charge in [0, 0.05) is 25.2 Å². The zero-order chi connectivity index (χ0) is 15.0. The van der Waals surface area contributed by atoms with Crippen LogP contribution in [-0.2, 0) is 24.8 Å². The van der Waals surface area contributed by atoms with Crippen LogP contribution in [0.3, 0.4) is 0 Å². The van der Waals surface area contributed by atoms with Crippen molar-refractivity contribution in [2.24, 2.45) is 0 Å². The fraction of sp³-hybridized carbons (Fsp3) is 0.889. The van der Waals surface area contributed by atoms with Crippen LogP contribution < -0.4 is 0 Å². The van der Waals surface area contributed by atoms with Gasteiger partial charge in [0.05, 0.1) is 18.9 Å². The van der Waals surface area contributed by atoms with Crippen molar-refractivity contribution in [3.8, 4) is 0 Å². The first-order chi connectivity index (χ1) is 8.43. The number of sulfonamides is 2. The van der Waals surface area contributed by atoms with Crippen LogP contribution in [0.2, 0.25) is 0 Å². The molecule has 0 amide bonds. The van der Waals surface area contributed by atoms with E-state index in [4.69, 9.17) is 5.11 Å². The molecule has 1 fully saturated rings. The second kappa shape index (κ2) is 5.35. The van der Waals surface area contributed by atoms with E-state index in [1.807, 2.05) is 0 Å². The highest BCUT2D eigenvalue weighted by atomic mass is 32.2. The van der Waals surface area contributed by atoms with E-state index in [1.54, 1.807) is 6.92 Å². The van der Waals surface area contributed by atoms with Gasteiger partial charge in [-0.05, 0) is 6.92 Å². The Kier molecular flexibility index (Phi) is 4.60. The van der Waals surface area contributed by atoms with Crippen molar-refractivity contribution >= 4 is 26.0 Å². The van der Waals surface area contributed by atoms with Gasteiger partial charge in [0.1, 0.15) is 0 Å². The van der Waals surface area contributed by atoms with Gasteiger partial charge in [-0.15, -0.1) is 0 Å². The second-order valence-corrected chi connectivity index (χ2v) is 8.64. The molecule has 0 aromatic heterocycles. The van der Waals surface area contributed by atoms with E-state index in [-0.39, 0.29) is 13.1 Å². The van der Waals surface area contributed by atoms with Crippen molar-refractivity contribution in [2.75, 3.05) is 25.6 Å². The molecule has 1 saturated heterocycles. The van der Waals surface area contributed by atoms with E-state index in [0.29, 0.717) is 0 Å². The quantitative estimate of drug-likeness (QED) is 0.694. The maximum Gasteiger partial charge on any atom is 0.305 e. The first-order valence-electron chi connectivity index (χ1n) is 5.58. The van der Waals surface area contributed by atoms with Gasteiger partial charge in [-0.1, -0.05) is 0 Å². The summed E-state index contributed by atoms with van der Waals surface area (Å²) in [4.78, 5) is 10.8. The van der Waals surface area contributed by atoms with Gasteiger partial charge in [-0.25, -0.2) is 16.8 Å². The summed E-state index contributed by atoms with van der Waals surface area (Å²) in [7, 11) is -7.07. The Balaban J connectivity index is 3.09. The number of carbonyl (C=O) groups is 1. The van der Waals surface area contributed by atoms with E-state index in [1.165, 1.54) is 0 Å². The molecule has 0 spiro atoms. The molecule has 1 aliphatic rings. The minimum Gasteiger partial charge on any atom is -0.481 e. The molecule has 0 aliphatic carbocycles. The zero-order valence-electron chi connectivity index (χ0n) is 11.0. The smallest absolute Gasteiger partial charge is 0.305 e. The van der Waals surface area contributed by atoms with Crippen LogP contribution in [0, 0.1) is 0 Å². The summed E-state index contributed by atoms with van der Waals surface area (Å²) in [5.41, 5.74) is 0. The Morgan fingerprint density at radius 3 is 1.95 bits per heavy atom. The predicted octanol–water partition coefficient (Wildman–Crippen LogP) is -1.24. The minimum atomic E-state index is -3.57. The van der Waals surface area contributed by atoms with E-state index < -0.39 is 44.5 Å². The molecule has 0 unspecified atom stereocenters. The number of nitrogens with zero attached hydrogens (tertiary/aromatic N) is 2. The number of carboxylic acid groups (broad SMARTS) is 1. The normalized spacial score (nSPS) is 27.3. The van der Waals surface area contributed by atoms with Gasteiger partial charge in [0.15, 0.2) is 0 Å². The molecule has 1 rings (SSSR count). The average molecular weight is 314 g/mol. The van der Waals surface area contributed by atoms with Crippen LogP contribution in [0.15, 0.2) is 0 Å². The fourth-order valence-electron chi connectivity index (χ4n) is 2.22. The van der Waals surface area contributed by atoms with E-state index in [9.17, 15) is 21.6 Å². The molecule has 0 aromatic carbocycles. The molecule has 1 N–H and O–H groups in total. The Morgan fingerprint density at radius 2 is 1.58 bits per heavy atom. The van der Waals surface area contributed by atoms with Gasteiger partial charge in [0.25, 0.3) is 0 Å². The molecule has 10 heteroatoms. The summed E-state index contributed by atoms with van der Waals surface area (Å²) < 4.78 is 48.7. The van der Waals surface area contributed by atoms with Crippen molar-refractivity contribution < 1.29 is 26.7 Å². The summed E-state index contributed by atoms with van der Waals surface area (Å²) in [5, 5.41) is 8.81. The third kappa shape index (κ3) is 4.13. The molecule has 0 aromatic rings. The van der Waals surface area contributed by atoms with Crippen LogP contribution in [0.1, 0.15) is 13.3 Å². The Morgan fingerprint density at radius 1 is 1.11 bits per heavy atom. The van der Waals surface area contributed by atoms with E-state index in [0.717, 1.165) is 21.1 Å². The highest BCUT2D eigenvalue weighted by Crippen LogP contribution is 2.22. The van der Waals surface area contributed by atoms with Gasteiger partial charge in [0.2, 0.25) is 20.0 Å². The van der Waals surface area contributed by atoms with E-state index >= 15 is 0 Å². The van der Waals surface area contributed by atoms with Crippen LogP contribution in [0.4, 0.5) is 0 Å². The molecule has 0 radical (unpaired) electrons. The lowest BCUT2D eigenvalue weighted by Crippen LogP contribution is -2.60. The second-order valence-electron chi connectivity index (χ2n) is 4.77. The number of carboxylic acids is 1. The summed E-state index contributed by atoms with van der Waals surface area (Å²) in [6.45, 7) is 1.42. The number of rotatable bonds is 4. The topological polar surface area (TPSA) is 112 Å². The van der Waals surface area contributed by atoms with Crippen LogP contribution in [-0.4, -0.2) is 74.2 Å². The largest absolute Gasteiger partial charge is 0.481 e. The standard InChI is InChI=1S/C9H18N2O6S2/c1-7-5-11(19(3,16)17)8(4-9(12)13)6-10(7)18(2,14)15/h7-8H,4-6H2,1-3H3,(H,12,13)/t7-,8+/m1/s1. The molecular formula is C9H18N2O6S2. The summed E-state index contributed by atoms with van der Waals surface area (Å²) in [5.74, 6) is -1.17. The maximum atomic E-state index is 11.6. The molecule has 8 nitrogen and oxygen atoms in total. The first-order valence-corrected chi connectivity index (χ1v) is 9.28. The maximum absolute atomic E-state index is 11.6. The van der Waals surface area contributed by atoms with Gasteiger partial charge >= 0.3 is 5.97 Å². The Labute approximate surface area is 113 Å². The molecular weight excluding hydrogens is 296 g/mol. The lowest BCUT2D eigenvalue weighted by molar-refractivity contribution is -0.138. The lowest BCUT2D eigenvalue weighted by atomic mass is 10.1. The van der Waals surface area contributed by atoms with Gasteiger partial charge in [-0.2, -0.15) is 8.61 Å². The third-order valence-corrected chi connectivity index (χ3v) is 5.66. The summed E-state index contributed by atoms with van der Waals surface area (Å²) >= 11 is 0. The summed E-state index contributed by atoms with van der Waals surface area (Å²) in [6.07, 6.45) is 1.59. The minimum absolute atomic E-state index is 0.0378. The number of piperazine rings is 1. The highest BCUT2D eigenvalue weighted by Gasteiger charge is 2.40. The molecule has 0 saturated carbocycles. The Bertz CT molecular complexity index is 555. The van der Waals surface area contributed by atoms with Gasteiger partial charge < -0.3 is 5.11 Å². The SMILES string of the molecule is C[C@@H]1CN(S(C)(=O)=O)[C@@H](CC(=O)O)CN1S(C)(=O)=O. The zero-order valence-corrected chi connectivity index (χ0v) is 12.6. The molecule has 112 valence electrons. The van der Waals surface area contributed by atoms with Crippen molar-refractivity contribution in [1.29, 1.82) is 0 Å². The third-order valence-electron chi connectivity index (χ3n) is 3.00. The molecule has 1 aliphatic heterocycles.